The van der Waals surface area contributed by atoms with E-state index in [1.165, 1.54) is 0 Å². The molecule has 0 unspecified atom stereocenters. The molecule has 1 aliphatic heterocycles. The molecule has 1 aromatic carbocycles. The molecule has 1 saturated carbocycles. The molecule has 5 nitrogen and oxygen atoms in total. The molecular weight excluding hydrogens is 314 g/mol. The number of hydrogen-bond acceptors (Lipinski definition) is 5. The van der Waals surface area contributed by atoms with Gasteiger partial charge < -0.3 is 9.84 Å². The number of aromatic nitrogens is 2. The summed E-state index contributed by atoms with van der Waals surface area (Å²) in [5, 5.41) is 10.1. The van der Waals surface area contributed by atoms with Crippen LogP contribution in [0.25, 0.3) is 11.4 Å². The third kappa shape index (κ3) is 3.19. The van der Waals surface area contributed by atoms with Crippen LogP contribution in [0.3, 0.4) is 0 Å². The van der Waals surface area contributed by atoms with Crippen LogP contribution in [0.2, 0.25) is 0 Å². The first-order valence-corrected chi connectivity index (χ1v) is 9.04. The van der Waals surface area contributed by atoms with Crippen molar-refractivity contribution in [3.8, 4) is 11.4 Å². The van der Waals surface area contributed by atoms with E-state index in [0.717, 1.165) is 55.7 Å². The zero-order chi connectivity index (χ0) is 17.3. The summed E-state index contributed by atoms with van der Waals surface area (Å²) in [6.07, 6.45) is 7.22. The molecule has 1 aliphatic carbocycles. The van der Waals surface area contributed by atoms with Gasteiger partial charge in [-0.05, 0) is 25.7 Å². The fourth-order valence-electron chi connectivity index (χ4n) is 4.37. The minimum Gasteiger partial charge on any atom is -0.393 e. The van der Waals surface area contributed by atoms with Gasteiger partial charge in [-0.3, -0.25) is 4.90 Å². The Morgan fingerprint density at radius 3 is 2.68 bits per heavy atom. The highest BCUT2D eigenvalue weighted by Crippen LogP contribution is 2.42. The maximum atomic E-state index is 10.1. The van der Waals surface area contributed by atoms with Gasteiger partial charge in [0.25, 0.3) is 0 Å². The first kappa shape index (κ1) is 16.6. The number of nitrogens with zero attached hydrogens (tertiary/aromatic N) is 3. The average molecular weight is 339 g/mol. The lowest BCUT2D eigenvalue weighted by molar-refractivity contribution is -0.0879. The van der Waals surface area contributed by atoms with Crippen LogP contribution in [0.1, 0.15) is 31.2 Å². The predicted molar refractivity (Wildman–Crippen MR) is 95.9 cm³/mol. The number of aliphatic hydroxyl groups is 1. The summed E-state index contributed by atoms with van der Waals surface area (Å²) in [5.41, 5.74) is 2.04. The standard InChI is InChI=1S/C20H25N3O2/c1-25-20-8-7-17(24)11-18(20)23(10-9-20)14-15-12-21-19(22-13-15)16-5-3-2-4-6-16/h2-6,12-13,17-18,24H,7-11,14H2,1H3/t17-,18-,20+/m0/s1. The van der Waals surface area contributed by atoms with Crippen molar-refractivity contribution in [2.45, 2.75) is 50.0 Å². The quantitative estimate of drug-likeness (QED) is 0.928. The van der Waals surface area contributed by atoms with E-state index in [-0.39, 0.29) is 17.7 Å². The lowest BCUT2D eigenvalue weighted by atomic mass is 9.79. The molecule has 1 aromatic heterocycles. The second-order valence-electron chi connectivity index (χ2n) is 7.21. The first-order chi connectivity index (χ1) is 12.2. The van der Waals surface area contributed by atoms with Crippen molar-refractivity contribution in [3.63, 3.8) is 0 Å². The third-order valence-electron chi connectivity index (χ3n) is 5.80. The molecule has 1 saturated heterocycles. The van der Waals surface area contributed by atoms with Crippen molar-refractivity contribution in [3.05, 3.63) is 48.3 Å². The van der Waals surface area contributed by atoms with Crippen LogP contribution in [-0.2, 0) is 11.3 Å². The smallest absolute Gasteiger partial charge is 0.159 e. The second-order valence-corrected chi connectivity index (χ2v) is 7.21. The minimum absolute atomic E-state index is 0.0932. The molecule has 1 N–H and O–H groups in total. The van der Waals surface area contributed by atoms with Crippen molar-refractivity contribution in [1.29, 1.82) is 0 Å². The molecule has 25 heavy (non-hydrogen) atoms. The van der Waals surface area contributed by atoms with E-state index >= 15 is 0 Å². The van der Waals surface area contributed by atoms with Crippen molar-refractivity contribution < 1.29 is 9.84 Å². The molecule has 2 heterocycles. The summed E-state index contributed by atoms with van der Waals surface area (Å²) in [6, 6.07) is 10.3. The molecule has 3 atom stereocenters. The van der Waals surface area contributed by atoms with Crippen LogP contribution >= 0.6 is 0 Å². The Morgan fingerprint density at radius 1 is 1.20 bits per heavy atom. The van der Waals surface area contributed by atoms with Gasteiger partial charge in [-0.25, -0.2) is 9.97 Å². The van der Waals surface area contributed by atoms with Gasteiger partial charge in [0.15, 0.2) is 5.82 Å². The van der Waals surface area contributed by atoms with Gasteiger partial charge in [-0.1, -0.05) is 30.3 Å². The number of hydrogen-bond donors (Lipinski definition) is 1. The van der Waals surface area contributed by atoms with E-state index in [2.05, 4.69) is 14.9 Å². The molecule has 132 valence electrons. The van der Waals surface area contributed by atoms with Crippen LogP contribution in [0.4, 0.5) is 0 Å². The summed E-state index contributed by atoms with van der Waals surface area (Å²) in [7, 11) is 1.81. The monoisotopic (exact) mass is 339 g/mol. The normalized spacial score (nSPS) is 29.5. The molecule has 0 radical (unpaired) electrons. The number of aliphatic hydroxyl groups excluding tert-OH is 1. The summed E-state index contributed by atoms with van der Waals surface area (Å²) >= 11 is 0. The largest absolute Gasteiger partial charge is 0.393 e. The molecule has 4 rings (SSSR count). The van der Waals surface area contributed by atoms with E-state index in [0.29, 0.717) is 0 Å². The van der Waals surface area contributed by atoms with Gasteiger partial charge in [0.05, 0.1) is 11.7 Å². The predicted octanol–water partition coefficient (Wildman–Crippen LogP) is 2.65. The molecule has 0 bridgehead atoms. The van der Waals surface area contributed by atoms with E-state index in [1.807, 2.05) is 49.8 Å². The Balaban J connectivity index is 1.49. The Bertz CT molecular complexity index is 707. The maximum absolute atomic E-state index is 10.1. The van der Waals surface area contributed by atoms with Crippen molar-refractivity contribution in [2.24, 2.45) is 0 Å². The van der Waals surface area contributed by atoms with Crippen LogP contribution in [-0.4, -0.2) is 51.4 Å². The summed E-state index contributed by atoms with van der Waals surface area (Å²) < 4.78 is 5.91. The molecule has 0 spiro atoms. The zero-order valence-corrected chi connectivity index (χ0v) is 14.6. The van der Waals surface area contributed by atoms with E-state index < -0.39 is 0 Å². The number of ether oxygens (including phenoxy) is 1. The van der Waals surface area contributed by atoms with Gasteiger partial charge >= 0.3 is 0 Å². The van der Waals surface area contributed by atoms with Gasteiger partial charge in [0.1, 0.15) is 0 Å². The Labute approximate surface area is 148 Å². The van der Waals surface area contributed by atoms with Gasteiger partial charge in [-0.15, -0.1) is 0 Å². The third-order valence-corrected chi connectivity index (χ3v) is 5.80. The van der Waals surface area contributed by atoms with E-state index in [9.17, 15) is 5.11 Å². The van der Waals surface area contributed by atoms with Gasteiger partial charge in [0, 0.05) is 49.8 Å². The highest BCUT2D eigenvalue weighted by Gasteiger charge is 2.50. The molecular formula is C20H25N3O2. The Morgan fingerprint density at radius 2 is 1.96 bits per heavy atom. The number of methoxy groups -OCH3 is 1. The molecule has 2 aliphatic rings. The second kappa shape index (κ2) is 6.83. The lowest BCUT2D eigenvalue weighted by Gasteiger charge is -2.42. The number of likely N-dealkylation sites (tertiary alicyclic amines) is 1. The highest BCUT2D eigenvalue weighted by atomic mass is 16.5. The van der Waals surface area contributed by atoms with Crippen LogP contribution in [0.15, 0.2) is 42.7 Å². The Kier molecular flexibility index (Phi) is 4.54. The average Bonchev–Trinajstić information content (AvgIpc) is 3.01. The van der Waals surface area contributed by atoms with Crippen LogP contribution in [0, 0.1) is 0 Å². The lowest BCUT2D eigenvalue weighted by Crippen LogP contribution is -2.51. The van der Waals surface area contributed by atoms with Crippen molar-refractivity contribution in [1.82, 2.24) is 14.9 Å². The van der Waals surface area contributed by atoms with Gasteiger partial charge in [-0.2, -0.15) is 0 Å². The summed E-state index contributed by atoms with van der Waals surface area (Å²) in [6.45, 7) is 1.79. The summed E-state index contributed by atoms with van der Waals surface area (Å²) in [4.78, 5) is 11.5. The fraction of sp³-hybridized carbons (Fsp3) is 0.500. The Hall–Kier alpha value is -1.82. The highest BCUT2D eigenvalue weighted by molar-refractivity contribution is 5.53. The van der Waals surface area contributed by atoms with E-state index in [1.54, 1.807) is 0 Å². The number of benzene rings is 1. The molecule has 2 fully saturated rings. The van der Waals surface area contributed by atoms with Crippen molar-refractivity contribution in [2.75, 3.05) is 13.7 Å². The SMILES string of the molecule is CO[C@@]12CC[C@H](O)C[C@@H]1N(Cc1cnc(-c3ccccc3)nc1)CC2. The number of rotatable bonds is 4. The minimum atomic E-state index is -0.217. The molecule has 5 heteroatoms. The van der Waals surface area contributed by atoms with Crippen LogP contribution < -0.4 is 0 Å². The maximum Gasteiger partial charge on any atom is 0.159 e. The topological polar surface area (TPSA) is 58.5 Å². The fourth-order valence-corrected chi connectivity index (χ4v) is 4.37. The first-order valence-electron chi connectivity index (χ1n) is 9.04. The van der Waals surface area contributed by atoms with Crippen molar-refractivity contribution >= 4 is 0 Å². The number of fused-ring (bicyclic) bond motifs is 1. The zero-order valence-electron chi connectivity index (χ0n) is 14.6. The molecule has 0 amide bonds. The van der Waals surface area contributed by atoms with E-state index in [4.69, 9.17) is 4.74 Å². The molecule has 2 aromatic rings. The summed E-state index contributed by atoms with van der Waals surface area (Å²) in [5.74, 6) is 0.755. The van der Waals surface area contributed by atoms with Gasteiger partial charge in [0.2, 0.25) is 0 Å². The van der Waals surface area contributed by atoms with Crippen LogP contribution in [0.5, 0.6) is 0 Å².